The molecule has 1 aliphatic rings. The van der Waals surface area contributed by atoms with Crippen LogP contribution < -0.4 is 10.6 Å². The molecule has 0 unspecified atom stereocenters. The van der Waals surface area contributed by atoms with Crippen molar-refractivity contribution in [2.75, 3.05) is 18.0 Å². The number of rotatable bonds is 3. The number of benzene rings is 2. The van der Waals surface area contributed by atoms with E-state index in [2.05, 4.69) is 34.1 Å². The van der Waals surface area contributed by atoms with Gasteiger partial charge in [-0.05, 0) is 25.0 Å². The van der Waals surface area contributed by atoms with Crippen LogP contribution in [0.5, 0.6) is 0 Å². The minimum atomic E-state index is -0.408. The van der Waals surface area contributed by atoms with E-state index in [-0.39, 0.29) is 0 Å². The Bertz CT molecular complexity index is 937. The Morgan fingerprint density at radius 3 is 2.60 bits per heavy atom. The molecule has 4 rings (SSSR count). The summed E-state index contributed by atoms with van der Waals surface area (Å²) < 4.78 is 0. The second-order valence-electron chi connectivity index (χ2n) is 6.64. The fourth-order valence-corrected chi connectivity index (χ4v) is 3.90. The summed E-state index contributed by atoms with van der Waals surface area (Å²) in [7, 11) is 0. The molecular formula is C21H21N3O. The molecule has 1 saturated heterocycles. The van der Waals surface area contributed by atoms with Crippen LogP contribution in [0.25, 0.3) is 10.9 Å². The maximum absolute atomic E-state index is 12.2. The van der Waals surface area contributed by atoms with Gasteiger partial charge in [0.2, 0.25) is 0 Å². The lowest BCUT2D eigenvalue weighted by Gasteiger charge is -2.24. The molecule has 3 aromatic rings. The highest BCUT2D eigenvalue weighted by molar-refractivity contribution is 6.08. The predicted molar refractivity (Wildman–Crippen MR) is 101 cm³/mol. The van der Waals surface area contributed by atoms with E-state index in [9.17, 15) is 4.79 Å². The zero-order chi connectivity index (χ0) is 17.4. The highest BCUT2D eigenvalue weighted by atomic mass is 16.1. The molecule has 4 heteroatoms. The molecular weight excluding hydrogens is 310 g/mol. The Kier molecular flexibility index (Phi) is 3.88. The third-order valence-corrected chi connectivity index (χ3v) is 5.07. The molecule has 2 aromatic carbocycles. The van der Waals surface area contributed by atoms with Gasteiger partial charge in [0.1, 0.15) is 0 Å². The smallest absolute Gasteiger partial charge is 0.252 e. The quantitative estimate of drug-likeness (QED) is 0.797. The number of nitrogens with zero attached hydrogens (tertiary/aromatic N) is 2. The molecule has 0 saturated carbocycles. The molecule has 1 atom stereocenters. The fraction of sp³-hybridized carbons (Fsp3) is 0.238. The van der Waals surface area contributed by atoms with Crippen molar-refractivity contribution in [2.24, 2.45) is 5.73 Å². The van der Waals surface area contributed by atoms with Gasteiger partial charge < -0.3 is 10.6 Å². The van der Waals surface area contributed by atoms with Gasteiger partial charge in [-0.3, -0.25) is 9.78 Å². The number of aromatic nitrogens is 1. The number of pyridine rings is 1. The molecule has 0 bridgehead atoms. The topological polar surface area (TPSA) is 59.2 Å². The molecule has 0 aliphatic carbocycles. The Balaban J connectivity index is 1.81. The lowest BCUT2D eigenvalue weighted by atomic mass is 9.98. The van der Waals surface area contributed by atoms with Gasteiger partial charge in [0.05, 0.1) is 22.5 Å². The number of carbonyl (C=O) groups excluding carboxylic acids is 1. The molecule has 4 nitrogen and oxygen atoms in total. The highest BCUT2D eigenvalue weighted by Crippen LogP contribution is 2.37. The zero-order valence-corrected chi connectivity index (χ0v) is 14.3. The fourth-order valence-electron chi connectivity index (χ4n) is 3.90. The number of fused-ring (bicyclic) bond motifs is 1. The van der Waals surface area contributed by atoms with Crippen molar-refractivity contribution in [1.29, 1.82) is 0 Å². The Morgan fingerprint density at radius 1 is 1.12 bits per heavy atom. The van der Waals surface area contributed by atoms with Gasteiger partial charge in [0.25, 0.3) is 5.91 Å². The maximum Gasteiger partial charge on any atom is 0.252 e. The molecule has 1 aliphatic heterocycles. The summed E-state index contributed by atoms with van der Waals surface area (Å²) in [5, 5.41) is 0.996. The Hall–Kier alpha value is -2.88. The van der Waals surface area contributed by atoms with E-state index < -0.39 is 5.91 Å². The average Bonchev–Trinajstić information content (AvgIpc) is 3.10. The monoisotopic (exact) mass is 331 g/mol. The van der Waals surface area contributed by atoms with Crippen molar-refractivity contribution in [1.82, 2.24) is 4.98 Å². The first-order chi connectivity index (χ1) is 12.1. The third kappa shape index (κ3) is 2.74. The van der Waals surface area contributed by atoms with Crippen molar-refractivity contribution in [3.8, 4) is 0 Å². The predicted octanol–water partition coefficient (Wildman–Crippen LogP) is 3.64. The Morgan fingerprint density at radius 2 is 1.84 bits per heavy atom. The zero-order valence-electron chi connectivity index (χ0n) is 14.3. The Labute approximate surface area is 147 Å². The van der Waals surface area contributed by atoms with E-state index in [0.717, 1.165) is 36.1 Å². The van der Waals surface area contributed by atoms with Crippen molar-refractivity contribution in [3.63, 3.8) is 0 Å². The van der Waals surface area contributed by atoms with Crippen LogP contribution in [0.15, 0.2) is 54.6 Å². The lowest BCUT2D eigenvalue weighted by Crippen LogP contribution is -2.25. The minimum Gasteiger partial charge on any atom is -0.370 e. The standard InChI is InChI=1S/C21H21N3O/c1-14-19(21(22)25)20(17-9-5-6-10-18(17)23-14)24-12-11-16(13-24)15-7-3-2-4-8-15/h2-10,16H,11-13H2,1H3,(H2,22,25)/t16-/m0/s1. The summed E-state index contributed by atoms with van der Waals surface area (Å²) >= 11 is 0. The maximum atomic E-state index is 12.2. The van der Waals surface area contributed by atoms with Crippen molar-refractivity contribution >= 4 is 22.5 Å². The van der Waals surface area contributed by atoms with Crippen LogP contribution in [0.3, 0.4) is 0 Å². The van der Waals surface area contributed by atoms with Gasteiger partial charge in [-0.2, -0.15) is 0 Å². The number of nitrogens with two attached hydrogens (primary N) is 1. The molecule has 1 aromatic heterocycles. The molecule has 1 amide bonds. The summed E-state index contributed by atoms with van der Waals surface area (Å²) in [6.45, 7) is 3.66. The number of hydrogen-bond donors (Lipinski definition) is 1. The molecule has 2 heterocycles. The first-order valence-corrected chi connectivity index (χ1v) is 8.64. The summed E-state index contributed by atoms with van der Waals surface area (Å²) in [4.78, 5) is 19.0. The van der Waals surface area contributed by atoms with Gasteiger partial charge in [-0.25, -0.2) is 0 Å². The van der Waals surface area contributed by atoms with Crippen LogP contribution in [0.1, 0.15) is 34.0 Å². The highest BCUT2D eigenvalue weighted by Gasteiger charge is 2.29. The molecule has 0 radical (unpaired) electrons. The first-order valence-electron chi connectivity index (χ1n) is 8.64. The molecule has 1 fully saturated rings. The van der Waals surface area contributed by atoms with Crippen LogP contribution >= 0.6 is 0 Å². The van der Waals surface area contributed by atoms with Gasteiger partial charge in [-0.15, -0.1) is 0 Å². The number of primary amides is 1. The van der Waals surface area contributed by atoms with Crippen molar-refractivity contribution < 1.29 is 4.79 Å². The second kappa shape index (κ2) is 6.20. The van der Waals surface area contributed by atoms with Gasteiger partial charge in [-0.1, -0.05) is 48.5 Å². The number of para-hydroxylation sites is 1. The summed E-state index contributed by atoms with van der Waals surface area (Å²) in [6.07, 6.45) is 1.07. The molecule has 25 heavy (non-hydrogen) atoms. The van der Waals surface area contributed by atoms with E-state index in [4.69, 9.17) is 5.73 Å². The van der Waals surface area contributed by atoms with Crippen LogP contribution in [-0.2, 0) is 0 Å². The van der Waals surface area contributed by atoms with E-state index in [1.54, 1.807) is 0 Å². The SMILES string of the molecule is Cc1nc2ccccc2c(N2CC[C@H](c3ccccc3)C2)c1C(N)=O. The van der Waals surface area contributed by atoms with Crippen molar-refractivity contribution in [3.05, 3.63) is 71.4 Å². The normalized spacial score (nSPS) is 17.2. The first kappa shape index (κ1) is 15.6. The van der Waals surface area contributed by atoms with E-state index >= 15 is 0 Å². The van der Waals surface area contributed by atoms with Gasteiger partial charge in [0.15, 0.2) is 0 Å². The van der Waals surface area contributed by atoms with Crippen molar-refractivity contribution in [2.45, 2.75) is 19.3 Å². The summed E-state index contributed by atoms with van der Waals surface area (Å²) in [5.41, 5.74) is 10.2. The largest absolute Gasteiger partial charge is 0.370 e. The van der Waals surface area contributed by atoms with E-state index in [0.29, 0.717) is 17.2 Å². The van der Waals surface area contributed by atoms with Crippen LogP contribution in [0.4, 0.5) is 5.69 Å². The lowest BCUT2D eigenvalue weighted by molar-refractivity contribution is 0.1000. The number of carbonyl (C=O) groups is 1. The summed E-state index contributed by atoms with van der Waals surface area (Å²) in [5.74, 6) is 0.0584. The number of amides is 1. The molecule has 2 N–H and O–H groups in total. The number of aryl methyl sites for hydroxylation is 1. The third-order valence-electron chi connectivity index (χ3n) is 5.07. The molecule has 126 valence electrons. The van der Waals surface area contributed by atoms with Crippen LogP contribution in [-0.4, -0.2) is 24.0 Å². The number of hydrogen-bond acceptors (Lipinski definition) is 3. The van der Waals surface area contributed by atoms with Gasteiger partial charge in [0, 0.05) is 24.4 Å². The van der Waals surface area contributed by atoms with Gasteiger partial charge >= 0.3 is 0 Å². The second-order valence-corrected chi connectivity index (χ2v) is 6.64. The average molecular weight is 331 g/mol. The van der Waals surface area contributed by atoms with Crippen LogP contribution in [0.2, 0.25) is 0 Å². The minimum absolute atomic E-state index is 0.408. The molecule has 0 spiro atoms. The van der Waals surface area contributed by atoms with E-state index in [1.165, 1.54) is 5.56 Å². The number of anilines is 1. The van der Waals surface area contributed by atoms with Crippen LogP contribution in [0, 0.1) is 6.92 Å². The summed E-state index contributed by atoms with van der Waals surface area (Å²) in [6, 6.07) is 18.5. The van der Waals surface area contributed by atoms with E-state index in [1.807, 2.05) is 37.3 Å².